The van der Waals surface area contributed by atoms with Crippen LogP contribution in [0.25, 0.3) is 0 Å². The van der Waals surface area contributed by atoms with Gasteiger partial charge in [-0.3, -0.25) is 0 Å². The van der Waals surface area contributed by atoms with Gasteiger partial charge in [-0.25, -0.2) is 4.79 Å². The largest absolute Gasteiger partial charge is 0.494 e. The van der Waals surface area contributed by atoms with Crippen LogP contribution in [-0.4, -0.2) is 24.5 Å². The zero-order valence-electron chi connectivity index (χ0n) is 25.2. The van der Waals surface area contributed by atoms with E-state index in [0.29, 0.717) is 18.3 Å². The first-order chi connectivity index (χ1) is 19.4. The van der Waals surface area contributed by atoms with Crippen LogP contribution in [0.15, 0.2) is 48.5 Å². The molecular formula is C35H50O5. The fraction of sp³-hybridized carbons (Fsp3) is 0.629. The van der Waals surface area contributed by atoms with Gasteiger partial charge in [0.2, 0.25) is 0 Å². The summed E-state index contributed by atoms with van der Waals surface area (Å²) in [5, 5.41) is 0. The lowest BCUT2D eigenvalue weighted by Gasteiger charge is -2.29. The zero-order valence-corrected chi connectivity index (χ0v) is 25.2. The number of unbranched alkanes of at least 4 members (excludes halogenated alkanes) is 5. The average Bonchev–Trinajstić information content (AvgIpc) is 3.30. The molecule has 1 saturated carbocycles. The van der Waals surface area contributed by atoms with Gasteiger partial charge in [0.15, 0.2) is 11.9 Å². The van der Waals surface area contributed by atoms with E-state index in [0.717, 1.165) is 23.7 Å². The van der Waals surface area contributed by atoms with E-state index in [9.17, 15) is 4.79 Å². The predicted molar refractivity (Wildman–Crippen MR) is 160 cm³/mol. The molecule has 0 amide bonds. The van der Waals surface area contributed by atoms with E-state index in [2.05, 4.69) is 26.0 Å². The van der Waals surface area contributed by atoms with Crippen LogP contribution in [0.2, 0.25) is 0 Å². The summed E-state index contributed by atoms with van der Waals surface area (Å²) in [6.45, 7) is 8.85. The van der Waals surface area contributed by atoms with Crippen LogP contribution < -0.4 is 9.47 Å². The van der Waals surface area contributed by atoms with Crippen molar-refractivity contribution < 1.29 is 23.7 Å². The Morgan fingerprint density at radius 2 is 1.40 bits per heavy atom. The van der Waals surface area contributed by atoms with E-state index in [1.165, 1.54) is 76.2 Å². The van der Waals surface area contributed by atoms with Crippen molar-refractivity contribution in [1.82, 2.24) is 0 Å². The molecule has 40 heavy (non-hydrogen) atoms. The minimum Gasteiger partial charge on any atom is -0.494 e. The molecule has 0 aromatic heterocycles. The molecule has 220 valence electrons. The summed E-state index contributed by atoms with van der Waals surface area (Å²) in [4.78, 5) is 13.3. The number of hydrogen-bond acceptors (Lipinski definition) is 5. The van der Waals surface area contributed by atoms with Gasteiger partial charge in [0.25, 0.3) is 0 Å². The highest BCUT2D eigenvalue weighted by Crippen LogP contribution is 2.40. The Morgan fingerprint density at radius 3 is 2.08 bits per heavy atom. The molecule has 2 unspecified atom stereocenters. The Morgan fingerprint density at radius 1 is 0.775 bits per heavy atom. The molecule has 2 aliphatic rings. The third-order valence-electron chi connectivity index (χ3n) is 8.44. The fourth-order valence-electron chi connectivity index (χ4n) is 6.10. The van der Waals surface area contributed by atoms with Gasteiger partial charge in [0.1, 0.15) is 17.6 Å². The number of hydrogen-bond donors (Lipinski definition) is 0. The summed E-state index contributed by atoms with van der Waals surface area (Å²) in [6, 6.07) is 15.9. The van der Waals surface area contributed by atoms with Crippen LogP contribution in [-0.2, 0) is 14.3 Å². The van der Waals surface area contributed by atoms with Gasteiger partial charge in [-0.1, -0.05) is 83.1 Å². The molecule has 0 bridgehead atoms. The zero-order chi connectivity index (χ0) is 28.4. The minimum absolute atomic E-state index is 0.438. The van der Waals surface area contributed by atoms with Crippen LogP contribution in [0.1, 0.15) is 128 Å². The number of benzene rings is 2. The molecule has 5 nitrogen and oxygen atoms in total. The lowest BCUT2D eigenvalue weighted by molar-refractivity contribution is -0.164. The first kappa shape index (κ1) is 30.6. The number of ether oxygens (including phenoxy) is 4. The number of carbonyl (C=O) groups excluding carboxylic acids is 1. The molecule has 1 heterocycles. The Kier molecular flexibility index (Phi) is 11.5. The quantitative estimate of drug-likeness (QED) is 0.133. The highest BCUT2D eigenvalue weighted by atomic mass is 16.8. The molecule has 1 aliphatic heterocycles. The molecule has 0 N–H and O–H groups in total. The predicted octanol–water partition coefficient (Wildman–Crippen LogP) is 9.30. The average molecular weight is 551 g/mol. The Hall–Kier alpha value is -2.37. The number of carbonyl (C=O) groups is 1. The topological polar surface area (TPSA) is 54.0 Å². The second-order valence-electron chi connectivity index (χ2n) is 12.2. The molecule has 0 spiro atoms. The molecule has 2 aromatic rings. The summed E-state index contributed by atoms with van der Waals surface area (Å²) in [6.07, 6.45) is 13.9. The summed E-state index contributed by atoms with van der Waals surface area (Å²) >= 11 is 0. The van der Waals surface area contributed by atoms with E-state index in [1.807, 2.05) is 50.2 Å². The van der Waals surface area contributed by atoms with Crippen molar-refractivity contribution in [2.45, 2.75) is 129 Å². The van der Waals surface area contributed by atoms with E-state index in [4.69, 9.17) is 18.9 Å². The van der Waals surface area contributed by atoms with Crippen molar-refractivity contribution in [1.29, 1.82) is 0 Å². The van der Waals surface area contributed by atoms with E-state index >= 15 is 0 Å². The first-order valence-electron chi connectivity index (χ1n) is 15.8. The molecule has 2 atom stereocenters. The van der Waals surface area contributed by atoms with Gasteiger partial charge in [-0.15, -0.1) is 0 Å². The van der Waals surface area contributed by atoms with Crippen molar-refractivity contribution in [2.75, 3.05) is 6.61 Å². The summed E-state index contributed by atoms with van der Waals surface area (Å²) in [7, 11) is 0. The molecule has 5 heteroatoms. The lowest BCUT2D eigenvalue weighted by Crippen LogP contribution is -2.31. The van der Waals surface area contributed by atoms with Crippen LogP contribution in [0.5, 0.6) is 11.5 Å². The fourth-order valence-corrected chi connectivity index (χ4v) is 6.10. The third kappa shape index (κ3) is 8.81. The molecular weight excluding hydrogens is 500 g/mol. The third-order valence-corrected chi connectivity index (χ3v) is 8.44. The highest BCUT2D eigenvalue weighted by molar-refractivity contribution is 5.78. The Labute approximate surface area is 241 Å². The monoisotopic (exact) mass is 550 g/mol. The van der Waals surface area contributed by atoms with Gasteiger partial charge in [0, 0.05) is 0 Å². The summed E-state index contributed by atoms with van der Waals surface area (Å²) in [5.74, 6) is 1.54. The second-order valence-corrected chi connectivity index (χ2v) is 12.2. The van der Waals surface area contributed by atoms with E-state index in [-0.39, 0.29) is 0 Å². The number of esters is 1. The smallest absolute Gasteiger partial charge is 0.343 e. The van der Waals surface area contributed by atoms with Crippen molar-refractivity contribution in [3.63, 3.8) is 0 Å². The molecule has 2 fully saturated rings. The van der Waals surface area contributed by atoms with Crippen molar-refractivity contribution in [2.24, 2.45) is 5.92 Å². The Balaban J connectivity index is 1.30. The summed E-state index contributed by atoms with van der Waals surface area (Å²) in [5.41, 5.74) is 2.21. The van der Waals surface area contributed by atoms with Crippen LogP contribution >= 0.6 is 0 Å². The van der Waals surface area contributed by atoms with Crippen molar-refractivity contribution >= 4 is 5.97 Å². The molecule has 2 aromatic carbocycles. The van der Waals surface area contributed by atoms with E-state index in [1.54, 1.807) is 0 Å². The standard InChI is InChI=1S/C35H50O5/c1-5-7-9-11-25-37-30-21-19-29(20-22-30)32-33(40-35(3,4)39-32)34(36)38-31-23-17-28(18-24-31)27-15-13-26(14-16-27)12-10-8-6-2/h17-24,26-27,32-33H,5-16,25H2,1-4H3. The van der Waals surface area contributed by atoms with Crippen LogP contribution in [0.3, 0.4) is 0 Å². The second kappa shape index (κ2) is 15.0. The van der Waals surface area contributed by atoms with Crippen molar-refractivity contribution in [3.05, 3.63) is 59.7 Å². The van der Waals surface area contributed by atoms with Gasteiger partial charge in [-0.2, -0.15) is 0 Å². The minimum atomic E-state index is -0.887. The molecule has 1 saturated heterocycles. The van der Waals surface area contributed by atoms with Gasteiger partial charge < -0.3 is 18.9 Å². The number of rotatable bonds is 14. The van der Waals surface area contributed by atoms with Gasteiger partial charge in [0.05, 0.1) is 6.61 Å². The molecule has 0 radical (unpaired) electrons. The lowest BCUT2D eigenvalue weighted by atomic mass is 9.77. The van der Waals surface area contributed by atoms with Crippen molar-refractivity contribution in [3.8, 4) is 11.5 Å². The molecule has 4 rings (SSSR count). The maximum absolute atomic E-state index is 13.3. The van der Waals surface area contributed by atoms with Crippen LogP contribution in [0.4, 0.5) is 0 Å². The Bertz CT molecular complexity index is 1020. The molecule has 1 aliphatic carbocycles. The maximum atomic E-state index is 13.3. The maximum Gasteiger partial charge on any atom is 0.343 e. The first-order valence-corrected chi connectivity index (χ1v) is 15.8. The van der Waals surface area contributed by atoms with Crippen LogP contribution in [0, 0.1) is 5.92 Å². The van der Waals surface area contributed by atoms with Gasteiger partial charge >= 0.3 is 5.97 Å². The normalized spacial score (nSPS) is 24.1. The SMILES string of the molecule is CCCCCCOc1ccc(C2OC(C)(C)OC2C(=O)Oc2ccc(C3CCC(CCCCC)CC3)cc2)cc1. The van der Waals surface area contributed by atoms with Gasteiger partial charge in [-0.05, 0) is 93.2 Å². The summed E-state index contributed by atoms with van der Waals surface area (Å²) < 4.78 is 23.8. The highest BCUT2D eigenvalue weighted by Gasteiger charge is 2.47. The van der Waals surface area contributed by atoms with E-state index < -0.39 is 24.0 Å².